The SMILES string of the molecule is C=C(C#N)/C(=C\C=C(/C)c1ccnc2nc(C(=C)CC/C(=C\C)N3CCOCC3)[nH]c12)O[C@@H]1CCNC1. The van der Waals surface area contributed by atoms with Crippen LogP contribution in [0.5, 0.6) is 0 Å². The molecule has 2 aliphatic heterocycles. The van der Waals surface area contributed by atoms with Crippen molar-refractivity contribution in [1.29, 1.82) is 5.26 Å². The molecule has 0 unspecified atom stereocenters. The van der Waals surface area contributed by atoms with Crippen molar-refractivity contribution in [3.05, 3.63) is 72.1 Å². The summed E-state index contributed by atoms with van der Waals surface area (Å²) in [5, 5.41) is 12.7. The minimum atomic E-state index is 0.0465. The number of aromatic amines is 1. The molecule has 2 fully saturated rings. The first kappa shape index (κ1) is 26.4. The zero-order valence-electron chi connectivity index (χ0n) is 21.8. The molecule has 0 aromatic carbocycles. The van der Waals surface area contributed by atoms with Gasteiger partial charge in [-0.2, -0.15) is 5.26 Å². The van der Waals surface area contributed by atoms with Crippen molar-refractivity contribution >= 4 is 22.3 Å². The predicted octanol–water partition coefficient (Wildman–Crippen LogP) is 4.73. The van der Waals surface area contributed by atoms with Crippen molar-refractivity contribution in [2.45, 2.75) is 39.2 Å². The number of fused-ring (bicyclic) bond motifs is 1. The number of nitriles is 1. The minimum absolute atomic E-state index is 0.0465. The van der Waals surface area contributed by atoms with Gasteiger partial charge in [0.1, 0.15) is 23.8 Å². The molecule has 2 aromatic rings. The number of hydrogen-bond acceptors (Lipinski definition) is 7. The molecule has 2 aromatic heterocycles. The molecule has 37 heavy (non-hydrogen) atoms. The highest BCUT2D eigenvalue weighted by molar-refractivity contribution is 5.88. The van der Waals surface area contributed by atoms with Crippen molar-refractivity contribution < 1.29 is 9.47 Å². The molecule has 2 aliphatic rings. The predicted molar refractivity (Wildman–Crippen MR) is 147 cm³/mol. The minimum Gasteiger partial charge on any atom is -0.488 e. The second-order valence-corrected chi connectivity index (χ2v) is 9.33. The lowest BCUT2D eigenvalue weighted by Crippen LogP contribution is -2.35. The largest absolute Gasteiger partial charge is 0.488 e. The first-order valence-electron chi connectivity index (χ1n) is 12.9. The number of nitrogens with one attached hydrogen (secondary N) is 2. The molecule has 4 rings (SSSR count). The molecule has 8 heteroatoms. The Kier molecular flexibility index (Phi) is 8.94. The Bertz CT molecular complexity index is 1270. The number of ether oxygens (including phenoxy) is 2. The molecular formula is C29H36N6O2. The molecule has 1 atom stereocenters. The Labute approximate surface area is 219 Å². The summed E-state index contributed by atoms with van der Waals surface area (Å²) in [4.78, 5) is 15.0. The number of pyridine rings is 1. The molecular weight excluding hydrogens is 464 g/mol. The zero-order valence-corrected chi connectivity index (χ0v) is 21.8. The smallest absolute Gasteiger partial charge is 0.178 e. The number of hydrogen-bond donors (Lipinski definition) is 2. The van der Waals surface area contributed by atoms with Crippen LogP contribution in [0.3, 0.4) is 0 Å². The molecule has 0 bridgehead atoms. The summed E-state index contributed by atoms with van der Waals surface area (Å²) >= 11 is 0. The van der Waals surface area contributed by atoms with Crippen LogP contribution >= 0.6 is 0 Å². The monoisotopic (exact) mass is 500 g/mol. The van der Waals surface area contributed by atoms with Gasteiger partial charge in [-0.15, -0.1) is 0 Å². The topological polar surface area (TPSA) is 99.1 Å². The molecule has 2 N–H and O–H groups in total. The summed E-state index contributed by atoms with van der Waals surface area (Å²) in [7, 11) is 0. The highest BCUT2D eigenvalue weighted by Gasteiger charge is 2.19. The van der Waals surface area contributed by atoms with E-state index in [2.05, 4.69) is 52.4 Å². The maximum atomic E-state index is 9.38. The van der Waals surface area contributed by atoms with Crippen molar-refractivity contribution in [2.24, 2.45) is 0 Å². The van der Waals surface area contributed by atoms with Gasteiger partial charge < -0.3 is 24.7 Å². The molecule has 0 aliphatic carbocycles. The standard InChI is InChI=1S/C29H36N6O2/c1-5-23(35-14-16-36-17-15-35)8-6-21(3)28-33-27-25(11-13-32-29(27)34-28)20(2)7-9-26(22(4)18-30)37-24-10-12-31-19-24/h5,7,9,11,13,24,31H,3-4,6,8,10,12,14-17,19H2,1-2H3,(H,32,33,34)/b20-7+,23-5+,26-9+/t24-/m1/s1. The van der Waals surface area contributed by atoms with Crippen molar-refractivity contribution in [3.63, 3.8) is 0 Å². The molecule has 4 heterocycles. The van der Waals surface area contributed by atoms with E-state index in [4.69, 9.17) is 14.5 Å². The number of nitrogens with zero attached hydrogens (tertiary/aromatic N) is 4. The van der Waals surface area contributed by atoms with Gasteiger partial charge in [0, 0.05) is 37.1 Å². The maximum Gasteiger partial charge on any atom is 0.178 e. The maximum absolute atomic E-state index is 9.38. The number of imidazole rings is 1. The van der Waals surface area contributed by atoms with Crippen LogP contribution in [0.25, 0.3) is 22.3 Å². The van der Waals surface area contributed by atoms with Crippen LogP contribution in [-0.2, 0) is 9.47 Å². The molecule has 194 valence electrons. The molecule has 8 nitrogen and oxygen atoms in total. The van der Waals surface area contributed by atoms with Crippen LogP contribution < -0.4 is 5.32 Å². The normalized spacial score (nSPS) is 19.2. The summed E-state index contributed by atoms with van der Waals surface area (Å²) in [6.45, 7) is 17.3. The van der Waals surface area contributed by atoms with Crippen molar-refractivity contribution in [3.8, 4) is 6.07 Å². The van der Waals surface area contributed by atoms with Crippen LogP contribution in [0, 0.1) is 11.3 Å². The van der Waals surface area contributed by atoms with Gasteiger partial charge in [-0.05, 0) is 62.9 Å². The number of aromatic nitrogens is 3. The molecule has 0 radical (unpaired) electrons. The van der Waals surface area contributed by atoms with Crippen LogP contribution in [0.15, 0.2) is 60.7 Å². The summed E-state index contributed by atoms with van der Waals surface area (Å²) in [6.07, 6.45) is 10.4. The second kappa shape index (κ2) is 12.5. The first-order chi connectivity index (χ1) is 18.0. The molecule has 0 saturated carbocycles. The highest BCUT2D eigenvalue weighted by Crippen LogP contribution is 2.27. The number of rotatable bonds is 10. The lowest BCUT2D eigenvalue weighted by Gasteiger charge is -2.31. The fourth-order valence-electron chi connectivity index (χ4n) is 4.60. The average Bonchev–Trinajstić information content (AvgIpc) is 3.61. The third-order valence-corrected chi connectivity index (χ3v) is 6.81. The van der Waals surface area contributed by atoms with Crippen molar-refractivity contribution in [1.82, 2.24) is 25.2 Å². The third kappa shape index (κ3) is 6.56. The van der Waals surface area contributed by atoms with E-state index < -0.39 is 0 Å². The molecule has 2 saturated heterocycles. The fraction of sp³-hybridized carbons (Fsp3) is 0.414. The van der Waals surface area contributed by atoms with E-state index in [1.165, 1.54) is 5.70 Å². The number of H-pyrrole nitrogens is 1. The lowest BCUT2D eigenvalue weighted by atomic mass is 10.1. The summed E-state index contributed by atoms with van der Waals surface area (Å²) in [5.74, 6) is 1.26. The van der Waals surface area contributed by atoms with Gasteiger partial charge in [0.2, 0.25) is 0 Å². The van der Waals surface area contributed by atoms with E-state index in [9.17, 15) is 5.26 Å². The third-order valence-electron chi connectivity index (χ3n) is 6.81. The van der Waals surface area contributed by atoms with E-state index in [1.807, 2.05) is 25.1 Å². The Morgan fingerprint density at radius 2 is 2.11 bits per heavy atom. The highest BCUT2D eigenvalue weighted by atomic mass is 16.5. The van der Waals surface area contributed by atoms with E-state index in [1.54, 1.807) is 6.20 Å². The van der Waals surface area contributed by atoms with Crippen LogP contribution in [0.2, 0.25) is 0 Å². The Morgan fingerprint density at radius 3 is 2.81 bits per heavy atom. The summed E-state index contributed by atoms with van der Waals surface area (Å²) < 4.78 is 11.5. The lowest BCUT2D eigenvalue weighted by molar-refractivity contribution is 0.0521. The summed E-state index contributed by atoms with van der Waals surface area (Å²) in [6, 6.07) is 4.07. The Balaban J connectivity index is 1.50. The zero-order chi connectivity index (χ0) is 26.2. The van der Waals surface area contributed by atoms with Crippen LogP contribution in [0.1, 0.15) is 44.5 Å². The quantitative estimate of drug-likeness (QED) is 0.276. The van der Waals surface area contributed by atoms with Crippen LogP contribution in [0.4, 0.5) is 0 Å². The van der Waals surface area contributed by atoms with Gasteiger partial charge in [0.25, 0.3) is 0 Å². The fourth-order valence-corrected chi connectivity index (χ4v) is 4.60. The van der Waals surface area contributed by atoms with Gasteiger partial charge in [0.15, 0.2) is 5.65 Å². The second-order valence-electron chi connectivity index (χ2n) is 9.33. The Morgan fingerprint density at radius 1 is 1.30 bits per heavy atom. The number of allylic oxidation sites excluding steroid dienone is 7. The summed E-state index contributed by atoms with van der Waals surface area (Å²) in [5.41, 5.74) is 6.07. The van der Waals surface area contributed by atoms with Gasteiger partial charge >= 0.3 is 0 Å². The Hall–Kier alpha value is -3.67. The number of morpholine rings is 1. The van der Waals surface area contributed by atoms with E-state index >= 15 is 0 Å². The van der Waals surface area contributed by atoms with E-state index in [0.717, 1.165) is 86.7 Å². The van der Waals surface area contributed by atoms with Crippen molar-refractivity contribution in [2.75, 3.05) is 39.4 Å². The first-order valence-corrected chi connectivity index (χ1v) is 12.9. The molecule has 0 amide bonds. The average molecular weight is 501 g/mol. The van der Waals surface area contributed by atoms with E-state index in [-0.39, 0.29) is 6.10 Å². The molecule has 0 spiro atoms. The van der Waals surface area contributed by atoms with Gasteiger partial charge in [-0.25, -0.2) is 9.97 Å². The van der Waals surface area contributed by atoms with Gasteiger partial charge in [0.05, 0.1) is 24.3 Å². The van der Waals surface area contributed by atoms with E-state index in [0.29, 0.717) is 17.0 Å². The van der Waals surface area contributed by atoms with Gasteiger partial charge in [-0.3, -0.25) is 0 Å². The van der Waals surface area contributed by atoms with Gasteiger partial charge in [-0.1, -0.05) is 25.3 Å². The van der Waals surface area contributed by atoms with Crippen LogP contribution in [-0.4, -0.2) is 65.3 Å².